The number of nitrogens with zero attached hydrogens (tertiary/aromatic N) is 4. The fraction of sp³-hybridized carbons (Fsp3) is 0.273. The predicted octanol–water partition coefficient (Wildman–Crippen LogP) is 3.40. The Bertz CT molecular complexity index is 1150. The van der Waals surface area contributed by atoms with Crippen molar-refractivity contribution in [2.45, 2.75) is 13.3 Å². The largest absolute Gasteiger partial charge is 0.399 e. The molecule has 1 aromatic heterocycles. The Balaban J connectivity index is 1.35. The van der Waals surface area contributed by atoms with Crippen LogP contribution in [0.3, 0.4) is 0 Å². The molecule has 172 valence electrons. The fourth-order valence-corrected chi connectivity index (χ4v) is 3.49. The van der Waals surface area contributed by atoms with Crippen molar-refractivity contribution in [3.8, 4) is 0 Å². The van der Waals surface area contributed by atoms with E-state index in [0.29, 0.717) is 12.2 Å². The van der Waals surface area contributed by atoms with Crippen molar-refractivity contribution < 1.29 is 22.8 Å². The molecule has 1 saturated heterocycles. The maximum absolute atomic E-state index is 13.3. The second-order valence-corrected chi connectivity index (χ2v) is 7.51. The van der Waals surface area contributed by atoms with Gasteiger partial charge in [0.05, 0.1) is 0 Å². The van der Waals surface area contributed by atoms with Gasteiger partial charge >= 0.3 is 17.8 Å². The third-order valence-electron chi connectivity index (χ3n) is 5.22. The number of halogens is 2. The molecule has 1 fully saturated rings. The van der Waals surface area contributed by atoms with E-state index < -0.39 is 17.5 Å². The lowest BCUT2D eigenvalue weighted by Gasteiger charge is -2.23. The SMILES string of the molecule is CC(=O)N1CCCN(c2ccc(NC(=O)c3nnc(Nc4ccc(F)c(F)c4)o3)cc2)CC1. The average molecular weight is 456 g/mol. The summed E-state index contributed by atoms with van der Waals surface area (Å²) in [6.07, 6.45) is 0.885. The van der Waals surface area contributed by atoms with Gasteiger partial charge in [0.1, 0.15) is 0 Å². The van der Waals surface area contributed by atoms with Gasteiger partial charge in [0.25, 0.3) is 0 Å². The van der Waals surface area contributed by atoms with E-state index in [-0.39, 0.29) is 23.5 Å². The van der Waals surface area contributed by atoms with Crippen molar-refractivity contribution in [2.24, 2.45) is 0 Å². The van der Waals surface area contributed by atoms with Crippen molar-refractivity contribution in [3.63, 3.8) is 0 Å². The van der Waals surface area contributed by atoms with Crippen LogP contribution in [-0.2, 0) is 4.79 Å². The summed E-state index contributed by atoms with van der Waals surface area (Å²) in [7, 11) is 0. The van der Waals surface area contributed by atoms with Gasteiger partial charge in [-0.3, -0.25) is 9.59 Å². The second-order valence-electron chi connectivity index (χ2n) is 7.51. The summed E-state index contributed by atoms with van der Waals surface area (Å²) in [5.41, 5.74) is 1.73. The van der Waals surface area contributed by atoms with E-state index in [1.165, 1.54) is 6.07 Å². The van der Waals surface area contributed by atoms with Gasteiger partial charge in [0, 0.05) is 56.2 Å². The van der Waals surface area contributed by atoms with Gasteiger partial charge in [-0.2, -0.15) is 0 Å². The van der Waals surface area contributed by atoms with Crippen LogP contribution < -0.4 is 15.5 Å². The Kier molecular flexibility index (Phi) is 6.48. The number of hydrogen-bond acceptors (Lipinski definition) is 7. The molecular weight excluding hydrogens is 434 g/mol. The molecule has 1 aliphatic heterocycles. The van der Waals surface area contributed by atoms with E-state index in [0.717, 1.165) is 43.9 Å². The highest BCUT2D eigenvalue weighted by atomic mass is 19.2. The van der Waals surface area contributed by atoms with Crippen molar-refractivity contribution in [1.29, 1.82) is 0 Å². The van der Waals surface area contributed by atoms with E-state index in [9.17, 15) is 18.4 Å². The molecule has 11 heteroatoms. The molecule has 9 nitrogen and oxygen atoms in total. The first-order valence-electron chi connectivity index (χ1n) is 10.4. The minimum absolute atomic E-state index is 0.0825. The van der Waals surface area contributed by atoms with Crippen molar-refractivity contribution in [2.75, 3.05) is 41.7 Å². The molecule has 2 heterocycles. The Hall–Kier alpha value is -4.02. The number of rotatable bonds is 5. The Morgan fingerprint density at radius 3 is 2.42 bits per heavy atom. The lowest BCUT2D eigenvalue weighted by molar-refractivity contribution is -0.128. The first-order valence-corrected chi connectivity index (χ1v) is 10.4. The Morgan fingerprint density at radius 1 is 0.939 bits per heavy atom. The minimum atomic E-state index is -1.03. The smallest absolute Gasteiger partial charge is 0.320 e. The zero-order chi connectivity index (χ0) is 23.4. The van der Waals surface area contributed by atoms with E-state index in [1.54, 1.807) is 19.1 Å². The highest BCUT2D eigenvalue weighted by Crippen LogP contribution is 2.21. The molecule has 0 saturated carbocycles. The minimum Gasteiger partial charge on any atom is -0.399 e. The fourth-order valence-electron chi connectivity index (χ4n) is 3.49. The molecular formula is C22H22F2N6O3. The number of aromatic nitrogens is 2. The van der Waals surface area contributed by atoms with E-state index in [4.69, 9.17) is 4.42 Å². The molecule has 0 unspecified atom stereocenters. The zero-order valence-corrected chi connectivity index (χ0v) is 17.8. The number of nitrogens with one attached hydrogen (secondary N) is 2. The molecule has 2 N–H and O–H groups in total. The van der Waals surface area contributed by atoms with Gasteiger partial charge < -0.3 is 24.9 Å². The van der Waals surface area contributed by atoms with Crippen LogP contribution in [0.15, 0.2) is 46.9 Å². The topological polar surface area (TPSA) is 104 Å². The maximum Gasteiger partial charge on any atom is 0.320 e. The van der Waals surface area contributed by atoms with Crippen LogP contribution in [0.1, 0.15) is 24.0 Å². The standard InChI is InChI=1S/C22H22F2N6O3/c1-14(31)29-9-2-10-30(12-11-29)17-6-3-15(4-7-17)25-20(32)21-27-28-22(33-21)26-16-5-8-18(23)19(24)13-16/h3-8,13H,2,9-12H2,1H3,(H,25,32)(H,26,28). The molecule has 0 aliphatic carbocycles. The van der Waals surface area contributed by atoms with Crippen molar-refractivity contribution in [1.82, 2.24) is 15.1 Å². The van der Waals surface area contributed by atoms with Crippen LogP contribution in [-0.4, -0.2) is 53.1 Å². The van der Waals surface area contributed by atoms with Crippen molar-refractivity contribution in [3.05, 3.63) is 60.0 Å². The Morgan fingerprint density at radius 2 is 1.70 bits per heavy atom. The molecule has 0 bridgehead atoms. The second kappa shape index (κ2) is 9.63. The predicted molar refractivity (Wildman–Crippen MR) is 117 cm³/mol. The number of benzene rings is 2. The molecule has 4 rings (SSSR count). The summed E-state index contributed by atoms with van der Waals surface area (Å²) in [4.78, 5) is 28.1. The number of amides is 2. The molecule has 2 aromatic carbocycles. The lowest BCUT2D eigenvalue weighted by Crippen LogP contribution is -2.33. The summed E-state index contributed by atoms with van der Waals surface area (Å²) in [6.45, 7) is 4.58. The summed E-state index contributed by atoms with van der Waals surface area (Å²) < 4.78 is 31.6. The number of anilines is 4. The number of carbonyl (C=O) groups is 2. The van der Waals surface area contributed by atoms with Crippen molar-refractivity contribution >= 4 is 34.9 Å². The summed E-state index contributed by atoms with van der Waals surface area (Å²) in [5.74, 6) is -2.83. The number of hydrogen-bond donors (Lipinski definition) is 2. The normalized spacial score (nSPS) is 14.0. The molecule has 33 heavy (non-hydrogen) atoms. The molecule has 3 aromatic rings. The van der Waals surface area contributed by atoms with Gasteiger partial charge in [0.2, 0.25) is 5.91 Å². The summed E-state index contributed by atoms with van der Waals surface area (Å²) in [6, 6.07) is 10.4. The highest BCUT2D eigenvalue weighted by Gasteiger charge is 2.18. The Labute approximate surface area is 188 Å². The number of carbonyl (C=O) groups excluding carboxylic acids is 2. The van der Waals surface area contributed by atoms with E-state index in [2.05, 4.69) is 25.7 Å². The first-order chi connectivity index (χ1) is 15.9. The third kappa shape index (κ3) is 5.43. The van der Waals surface area contributed by atoms with Gasteiger partial charge in [-0.15, -0.1) is 5.10 Å². The highest BCUT2D eigenvalue weighted by molar-refractivity contribution is 6.01. The summed E-state index contributed by atoms with van der Waals surface area (Å²) in [5, 5.41) is 12.6. The average Bonchev–Trinajstić information content (AvgIpc) is 3.11. The van der Waals surface area contributed by atoms with Gasteiger partial charge in [-0.1, -0.05) is 5.10 Å². The molecule has 0 atom stereocenters. The van der Waals surface area contributed by atoms with E-state index in [1.807, 2.05) is 17.0 Å². The van der Waals surface area contributed by atoms with Gasteiger partial charge in [-0.25, -0.2) is 8.78 Å². The maximum atomic E-state index is 13.3. The molecule has 2 amide bonds. The van der Waals surface area contributed by atoms with Gasteiger partial charge in [-0.05, 0) is 42.8 Å². The molecule has 1 aliphatic rings. The van der Waals surface area contributed by atoms with Gasteiger partial charge in [0.15, 0.2) is 11.6 Å². The first kappa shape index (κ1) is 22.2. The quantitative estimate of drug-likeness (QED) is 0.607. The van der Waals surface area contributed by atoms with Crippen LogP contribution in [0.2, 0.25) is 0 Å². The van der Waals surface area contributed by atoms with Crippen LogP contribution in [0.5, 0.6) is 0 Å². The van der Waals surface area contributed by atoms with Crippen LogP contribution >= 0.6 is 0 Å². The van der Waals surface area contributed by atoms with E-state index >= 15 is 0 Å². The van der Waals surface area contributed by atoms with Crippen LogP contribution in [0.25, 0.3) is 0 Å². The lowest BCUT2D eigenvalue weighted by atomic mass is 10.2. The van der Waals surface area contributed by atoms with Crippen LogP contribution in [0.4, 0.5) is 31.9 Å². The monoisotopic (exact) mass is 456 g/mol. The third-order valence-corrected chi connectivity index (χ3v) is 5.22. The summed E-state index contributed by atoms with van der Waals surface area (Å²) >= 11 is 0. The molecule has 0 radical (unpaired) electrons. The van der Waals surface area contributed by atoms with Crippen LogP contribution in [0, 0.1) is 11.6 Å². The zero-order valence-electron chi connectivity index (χ0n) is 17.8. The molecule has 0 spiro atoms.